The fourth-order valence-corrected chi connectivity index (χ4v) is 2.58. The van der Waals surface area contributed by atoms with Crippen LogP contribution in [0.5, 0.6) is 0 Å². The summed E-state index contributed by atoms with van der Waals surface area (Å²) in [6.07, 6.45) is 10.3. The maximum Gasteiger partial charge on any atom is 0.319 e. The second-order valence-corrected chi connectivity index (χ2v) is 5.56. The van der Waals surface area contributed by atoms with Gasteiger partial charge in [0.2, 0.25) is 0 Å². The van der Waals surface area contributed by atoms with E-state index < -0.39 is 0 Å². The van der Waals surface area contributed by atoms with Gasteiger partial charge in [0, 0.05) is 12.7 Å². The molecule has 1 aromatic rings. The van der Waals surface area contributed by atoms with Crippen LogP contribution in [0.1, 0.15) is 43.2 Å². The molecule has 1 saturated carbocycles. The van der Waals surface area contributed by atoms with E-state index in [2.05, 4.69) is 16.7 Å². The van der Waals surface area contributed by atoms with Crippen molar-refractivity contribution >= 4 is 6.03 Å². The van der Waals surface area contributed by atoms with Crippen LogP contribution in [0.25, 0.3) is 0 Å². The number of carbonyl (C=O) groups excluding carboxylic acids is 1. The normalized spacial score (nSPS) is 16.0. The van der Waals surface area contributed by atoms with Crippen LogP contribution in [-0.4, -0.2) is 11.1 Å². The highest BCUT2D eigenvalue weighted by Crippen LogP contribution is 2.24. The second kappa shape index (κ2) is 8.47. The lowest BCUT2D eigenvalue weighted by atomic mass is 9.89. The Hall–Kier alpha value is -1.81. The van der Waals surface area contributed by atoms with Crippen molar-refractivity contribution in [2.75, 3.05) is 0 Å². The van der Waals surface area contributed by atoms with Crippen LogP contribution in [0, 0.1) is 5.92 Å². The number of allylic oxidation sites excluding steroid dienone is 1. The number of aliphatic hydroxyl groups is 1. The highest BCUT2D eigenvalue weighted by Gasteiger charge is 2.09. The molecule has 0 atom stereocenters. The number of aliphatic hydroxyl groups excluding tert-OH is 1. The average Bonchev–Trinajstić information content (AvgIpc) is 2.54. The summed E-state index contributed by atoms with van der Waals surface area (Å²) in [6.45, 7) is 0.523. The van der Waals surface area contributed by atoms with Crippen LogP contribution in [0.4, 0.5) is 4.79 Å². The van der Waals surface area contributed by atoms with E-state index in [-0.39, 0.29) is 12.6 Å². The van der Waals surface area contributed by atoms with Gasteiger partial charge in [-0.05, 0) is 29.9 Å². The summed E-state index contributed by atoms with van der Waals surface area (Å²) < 4.78 is 0. The fraction of sp³-hybridized carbons (Fsp3) is 0.471. The Balaban J connectivity index is 1.67. The molecule has 1 aliphatic carbocycles. The summed E-state index contributed by atoms with van der Waals surface area (Å²) in [5.74, 6) is 0.616. The molecule has 1 aliphatic rings. The molecule has 3 N–H and O–H groups in total. The Bertz CT molecular complexity index is 462. The molecule has 0 saturated heterocycles. The minimum Gasteiger partial charge on any atom is -0.392 e. The van der Waals surface area contributed by atoms with E-state index in [0.717, 1.165) is 11.1 Å². The number of benzene rings is 1. The van der Waals surface area contributed by atoms with Crippen molar-refractivity contribution in [3.8, 4) is 0 Å². The second-order valence-electron chi connectivity index (χ2n) is 5.56. The Morgan fingerprint density at radius 2 is 1.81 bits per heavy atom. The molecule has 0 aromatic heterocycles. The molecule has 4 nitrogen and oxygen atoms in total. The van der Waals surface area contributed by atoms with Gasteiger partial charge in [-0.3, -0.25) is 0 Å². The molecule has 1 aromatic carbocycles. The van der Waals surface area contributed by atoms with Gasteiger partial charge in [-0.25, -0.2) is 4.79 Å². The van der Waals surface area contributed by atoms with Crippen LogP contribution < -0.4 is 10.6 Å². The van der Waals surface area contributed by atoms with E-state index in [1.165, 1.54) is 32.1 Å². The zero-order chi connectivity index (χ0) is 14.9. The van der Waals surface area contributed by atoms with E-state index in [1.807, 2.05) is 24.3 Å². The van der Waals surface area contributed by atoms with Gasteiger partial charge >= 0.3 is 6.03 Å². The minimum atomic E-state index is -0.187. The number of urea groups is 1. The number of amides is 2. The monoisotopic (exact) mass is 288 g/mol. The number of carbonyl (C=O) groups is 1. The molecule has 4 heteroatoms. The van der Waals surface area contributed by atoms with Gasteiger partial charge in [-0.15, -0.1) is 0 Å². The van der Waals surface area contributed by atoms with E-state index in [4.69, 9.17) is 5.11 Å². The van der Waals surface area contributed by atoms with Crippen molar-refractivity contribution in [3.05, 3.63) is 47.7 Å². The summed E-state index contributed by atoms with van der Waals surface area (Å²) in [5.41, 5.74) is 1.89. The van der Waals surface area contributed by atoms with Gasteiger partial charge in [-0.2, -0.15) is 0 Å². The van der Waals surface area contributed by atoms with Crippen molar-refractivity contribution in [2.24, 2.45) is 5.92 Å². The molecule has 0 heterocycles. The molecule has 1 fully saturated rings. The Morgan fingerprint density at radius 3 is 2.48 bits per heavy atom. The van der Waals surface area contributed by atoms with Gasteiger partial charge in [0.25, 0.3) is 0 Å². The first-order valence-corrected chi connectivity index (χ1v) is 7.67. The molecule has 0 aliphatic heterocycles. The maximum atomic E-state index is 11.7. The van der Waals surface area contributed by atoms with Gasteiger partial charge < -0.3 is 15.7 Å². The highest BCUT2D eigenvalue weighted by molar-refractivity contribution is 5.74. The Morgan fingerprint density at radius 1 is 1.14 bits per heavy atom. The lowest BCUT2D eigenvalue weighted by Gasteiger charge is -2.17. The number of hydrogen-bond acceptors (Lipinski definition) is 2. The van der Waals surface area contributed by atoms with E-state index in [9.17, 15) is 4.79 Å². The first kappa shape index (κ1) is 15.6. The van der Waals surface area contributed by atoms with Crippen LogP contribution in [0.15, 0.2) is 36.5 Å². The Kier molecular flexibility index (Phi) is 6.28. The fourth-order valence-electron chi connectivity index (χ4n) is 2.58. The topological polar surface area (TPSA) is 61.4 Å². The smallest absolute Gasteiger partial charge is 0.319 e. The summed E-state index contributed by atoms with van der Waals surface area (Å²) in [5, 5.41) is 14.5. The summed E-state index contributed by atoms with van der Waals surface area (Å²) in [6, 6.07) is 7.34. The number of rotatable bonds is 5. The molecule has 21 heavy (non-hydrogen) atoms. The van der Waals surface area contributed by atoms with E-state index in [1.54, 1.807) is 6.20 Å². The molecule has 0 bridgehead atoms. The first-order valence-electron chi connectivity index (χ1n) is 7.67. The third-order valence-corrected chi connectivity index (χ3v) is 3.89. The van der Waals surface area contributed by atoms with Crippen molar-refractivity contribution in [2.45, 2.75) is 45.3 Å². The lowest BCUT2D eigenvalue weighted by molar-refractivity contribution is 0.243. The molecule has 2 amide bonds. The van der Waals surface area contributed by atoms with Crippen LogP contribution in [0.3, 0.4) is 0 Å². The van der Waals surface area contributed by atoms with Crippen LogP contribution in [-0.2, 0) is 13.2 Å². The molecular formula is C17H24N2O2. The molecule has 2 rings (SSSR count). The largest absolute Gasteiger partial charge is 0.392 e. The molecular weight excluding hydrogens is 264 g/mol. The van der Waals surface area contributed by atoms with Gasteiger partial charge in [0.05, 0.1) is 6.61 Å². The lowest BCUT2D eigenvalue weighted by Crippen LogP contribution is -2.31. The quantitative estimate of drug-likeness (QED) is 0.779. The summed E-state index contributed by atoms with van der Waals surface area (Å²) >= 11 is 0. The minimum absolute atomic E-state index is 0.0418. The van der Waals surface area contributed by atoms with Crippen molar-refractivity contribution in [3.63, 3.8) is 0 Å². The number of nitrogens with one attached hydrogen (secondary N) is 2. The van der Waals surface area contributed by atoms with Crippen molar-refractivity contribution in [1.82, 2.24) is 10.6 Å². The zero-order valence-electron chi connectivity index (χ0n) is 12.3. The van der Waals surface area contributed by atoms with Gasteiger partial charge in [-0.1, -0.05) is 49.6 Å². The van der Waals surface area contributed by atoms with Crippen LogP contribution >= 0.6 is 0 Å². The third-order valence-electron chi connectivity index (χ3n) is 3.89. The molecule has 0 radical (unpaired) electrons. The predicted octanol–water partition coefficient (Wildman–Crippen LogP) is 3.07. The van der Waals surface area contributed by atoms with Gasteiger partial charge in [0.1, 0.15) is 0 Å². The molecule has 0 unspecified atom stereocenters. The average molecular weight is 288 g/mol. The first-order chi connectivity index (χ1) is 10.3. The maximum absolute atomic E-state index is 11.7. The molecule has 114 valence electrons. The van der Waals surface area contributed by atoms with Gasteiger partial charge in [0.15, 0.2) is 0 Å². The molecule has 0 spiro atoms. The summed E-state index contributed by atoms with van der Waals surface area (Å²) in [7, 11) is 0. The third kappa shape index (κ3) is 5.60. The van der Waals surface area contributed by atoms with E-state index >= 15 is 0 Å². The summed E-state index contributed by atoms with van der Waals surface area (Å²) in [4.78, 5) is 11.7. The van der Waals surface area contributed by atoms with E-state index in [0.29, 0.717) is 12.5 Å². The van der Waals surface area contributed by atoms with Crippen molar-refractivity contribution in [1.29, 1.82) is 0 Å². The van der Waals surface area contributed by atoms with Crippen LogP contribution in [0.2, 0.25) is 0 Å². The number of hydrogen-bond donors (Lipinski definition) is 3. The Labute approximate surface area is 126 Å². The van der Waals surface area contributed by atoms with Crippen molar-refractivity contribution < 1.29 is 9.90 Å². The highest BCUT2D eigenvalue weighted by atomic mass is 16.3. The standard InChI is InChI=1S/C17H24N2O2/c20-13-16-8-6-15(7-9-16)12-19-17(21)18-11-10-14-4-2-1-3-5-14/h6-11,14,20H,1-5,12-13H2,(H2,18,19,21)/b11-10+. The SMILES string of the molecule is O=C(N/C=C/C1CCCCC1)NCc1ccc(CO)cc1. The predicted molar refractivity (Wildman–Crippen MR) is 83.5 cm³/mol. The zero-order valence-corrected chi connectivity index (χ0v) is 12.3.